The van der Waals surface area contributed by atoms with Crippen LogP contribution in [-0.2, 0) is 6.42 Å². The van der Waals surface area contributed by atoms with E-state index >= 15 is 0 Å². The van der Waals surface area contributed by atoms with Gasteiger partial charge in [-0.2, -0.15) is 0 Å². The lowest BCUT2D eigenvalue weighted by Crippen LogP contribution is -2.38. The molecule has 1 aromatic rings. The summed E-state index contributed by atoms with van der Waals surface area (Å²) in [5.41, 5.74) is 4.10. The third-order valence-corrected chi connectivity index (χ3v) is 4.49. The Hall–Kier alpha value is -0.640. The summed E-state index contributed by atoms with van der Waals surface area (Å²) in [5, 5.41) is 0.739. The summed E-state index contributed by atoms with van der Waals surface area (Å²) in [6.07, 6.45) is 13.8. The van der Waals surface area contributed by atoms with E-state index in [-0.39, 0.29) is 0 Å². The van der Waals surface area contributed by atoms with Crippen molar-refractivity contribution >= 4 is 11.6 Å². The average Bonchev–Trinajstić information content (AvgIpc) is 2.69. The van der Waals surface area contributed by atoms with Gasteiger partial charge >= 0.3 is 0 Å². The first-order chi connectivity index (χ1) is 9.29. The molecule has 0 saturated heterocycles. The van der Waals surface area contributed by atoms with Gasteiger partial charge < -0.3 is 0 Å². The fraction of sp³-hybridized carbons (Fsp3) is 0.667. The Morgan fingerprint density at radius 1 is 1.32 bits per heavy atom. The Labute approximate surface area is 120 Å². The fourth-order valence-corrected chi connectivity index (χ4v) is 3.24. The van der Waals surface area contributed by atoms with Crippen molar-refractivity contribution < 1.29 is 0 Å². The number of rotatable bonds is 5. The van der Waals surface area contributed by atoms with Gasteiger partial charge in [0.25, 0.3) is 0 Å². The van der Waals surface area contributed by atoms with E-state index in [4.69, 9.17) is 17.4 Å². The molecule has 2 rings (SSSR count). The number of nitrogens with zero attached hydrogens (tertiary/aromatic N) is 1. The molecule has 0 bridgehead atoms. The number of hydrogen-bond acceptors (Lipinski definition) is 3. The molecule has 3 nitrogen and oxygen atoms in total. The normalized spacial score (nSPS) is 19.1. The zero-order valence-electron chi connectivity index (χ0n) is 11.4. The van der Waals surface area contributed by atoms with E-state index in [2.05, 4.69) is 10.4 Å². The Bertz CT molecular complexity index is 375. The Morgan fingerprint density at radius 2 is 2.05 bits per heavy atom. The van der Waals surface area contributed by atoms with Gasteiger partial charge in [-0.25, -0.2) is 0 Å². The van der Waals surface area contributed by atoms with Crippen molar-refractivity contribution in [2.24, 2.45) is 11.8 Å². The summed E-state index contributed by atoms with van der Waals surface area (Å²) in [7, 11) is 0. The summed E-state index contributed by atoms with van der Waals surface area (Å²) in [6, 6.07) is 2.29. The molecule has 1 unspecified atom stereocenters. The van der Waals surface area contributed by atoms with E-state index in [9.17, 15) is 0 Å². The molecule has 106 valence electrons. The maximum Gasteiger partial charge on any atom is 0.0621 e. The summed E-state index contributed by atoms with van der Waals surface area (Å²) >= 11 is 6.16. The second kappa shape index (κ2) is 7.83. The molecule has 1 fully saturated rings. The van der Waals surface area contributed by atoms with Gasteiger partial charge in [-0.3, -0.25) is 16.3 Å². The van der Waals surface area contributed by atoms with Crippen molar-refractivity contribution in [2.45, 2.75) is 57.4 Å². The second-order valence-corrected chi connectivity index (χ2v) is 6.04. The van der Waals surface area contributed by atoms with Crippen LogP contribution < -0.4 is 11.3 Å². The van der Waals surface area contributed by atoms with E-state index in [0.29, 0.717) is 6.04 Å². The van der Waals surface area contributed by atoms with Crippen molar-refractivity contribution in [1.82, 2.24) is 10.4 Å². The minimum Gasteiger partial charge on any atom is -0.271 e. The third-order valence-electron chi connectivity index (χ3n) is 4.15. The van der Waals surface area contributed by atoms with Crippen molar-refractivity contribution in [1.29, 1.82) is 0 Å². The minimum absolute atomic E-state index is 0.308. The summed E-state index contributed by atoms with van der Waals surface area (Å²) in [6.45, 7) is 0. The quantitative estimate of drug-likeness (QED) is 0.494. The van der Waals surface area contributed by atoms with Gasteiger partial charge in [0.1, 0.15) is 0 Å². The van der Waals surface area contributed by atoms with Crippen LogP contribution in [0, 0.1) is 5.92 Å². The van der Waals surface area contributed by atoms with Crippen LogP contribution in [0.4, 0.5) is 0 Å². The van der Waals surface area contributed by atoms with Gasteiger partial charge in [0, 0.05) is 18.4 Å². The molecular formula is C15H24ClN3. The Balaban J connectivity index is 1.90. The molecule has 1 aliphatic carbocycles. The molecule has 19 heavy (non-hydrogen) atoms. The molecule has 1 aromatic heterocycles. The molecule has 0 spiro atoms. The monoisotopic (exact) mass is 281 g/mol. The number of aromatic nitrogens is 1. The highest BCUT2D eigenvalue weighted by atomic mass is 35.5. The van der Waals surface area contributed by atoms with Gasteiger partial charge in [0.05, 0.1) is 5.02 Å². The summed E-state index contributed by atoms with van der Waals surface area (Å²) in [5.74, 6) is 6.53. The molecular weight excluding hydrogens is 258 g/mol. The van der Waals surface area contributed by atoms with Gasteiger partial charge in [-0.15, -0.1) is 0 Å². The molecule has 1 saturated carbocycles. The first-order valence-electron chi connectivity index (χ1n) is 7.34. The molecule has 0 aromatic carbocycles. The highest BCUT2D eigenvalue weighted by Gasteiger charge is 2.18. The maximum atomic E-state index is 6.16. The van der Waals surface area contributed by atoms with Crippen LogP contribution in [0.25, 0.3) is 0 Å². The predicted octanol–water partition coefficient (Wildman–Crippen LogP) is 3.47. The van der Waals surface area contributed by atoms with Crippen LogP contribution in [0.15, 0.2) is 18.5 Å². The number of nitrogens with one attached hydrogen (secondary N) is 1. The highest BCUT2D eigenvalue weighted by Crippen LogP contribution is 2.27. The lowest BCUT2D eigenvalue weighted by molar-refractivity contribution is 0.352. The van der Waals surface area contributed by atoms with Crippen LogP contribution in [0.3, 0.4) is 0 Å². The first-order valence-corrected chi connectivity index (χ1v) is 7.72. The predicted molar refractivity (Wildman–Crippen MR) is 79.9 cm³/mol. The molecule has 0 aliphatic heterocycles. The van der Waals surface area contributed by atoms with Gasteiger partial charge in [0.15, 0.2) is 0 Å². The van der Waals surface area contributed by atoms with Gasteiger partial charge in [-0.05, 0) is 30.4 Å². The van der Waals surface area contributed by atoms with Crippen molar-refractivity contribution in [3.63, 3.8) is 0 Å². The minimum atomic E-state index is 0.308. The second-order valence-electron chi connectivity index (χ2n) is 5.63. The van der Waals surface area contributed by atoms with E-state index in [1.165, 1.54) is 38.5 Å². The standard InChI is InChI=1S/C15H24ClN3/c16-15-11-18-8-7-13(15)10-14(19-17)9-12-5-3-1-2-4-6-12/h7-8,11-12,14,19H,1-6,9-10,17H2. The summed E-state index contributed by atoms with van der Waals surface area (Å²) in [4.78, 5) is 4.02. The molecule has 4 heteroatoms. The zero-order valence-corrected chi connectivity index (χ0v) is 12.2. The lowest BCUT2D eigenvalue weighted by Gasteiger charge is -2.22. The molecule has 0 radical (unpaired) electrons. The largest absolute Gasteiger partial charge is 0.271 e. The van der Waals surface area contributed by atoms with Crippen LogP contribution in [0.2, 0.25) is 5.02 Å². The topological polar surface area (TPSA) is 50.9 Å². The SMILES string of the molecule is NNC(Cc1ccncc1Cl)CC1CCCCCC1. The molecule has 0 amide bonds. The number of hydrogen-bond donors (Lipinski definition) is 2. The van der Waals surface area contributed by atoms with E-state index in [0.717, 1.165) is 29.3 Å². The Morgan fingerprint density at radius 3 is 2.68 bits per heavy atom. The van der Waals surface area contributed by atoms with Crippen LogP contribution in [0.1, 0.15) is 50.5 Å². The lowest BCUT2D eigenvalue weighted by atomic mass is 9.90. The molecule has 3 N–H and O–H groups in total. The van der Waals surface area contributed by atoms with Crippen LogP contribution in [-0.4, -0.2) is 11.0 Å². The average molecular weight is 282 g/mol. The van der Waals surface area contributed by atoms with E-state index in [1.807, 2.05) is 6.07 Å². The third kappa shape index (κ3) is 4.75. The molecule has 1 heterocycles. The number of hydrazine groups is 1. The van der Waals surface area contributed by atoms with Crippen molar-refractivity contribution in [3.05, 3.63) is 29.0 Å². The van der Waals surface area contributed by atoms with Gasteiger partial charge in [0.2, 0.25) is 0 Å². The Kier molecular flexibility index (Phi) is 6.08. The number of nitrogens with two attached hydrogens (primary N) is 1. The molecule has 1 atom stereocenters. The molecule has 1 aliphatic rings. The smallest absolute Gasteiger partial charge is 0.0621 e. The van der Waals surface area contributed by atoms with Crippen LogP contribution >= 0.6 is 11.6 Å². The van der Waals surface area contributed by atoms with Crippen LogP contribution in [0.5, 0.6) is 0 Å². The van der Waals surface area contributed by atoms with E-state index in [1.54, 1.807) is 12.4 Å². The number of pyridine rings is 1. The van der Waals surface area contributed by atoms with Crippen molar-refractivity contribution in [3.8, 4) is 0 Å². The maximum absolute atomic E-state index is 6.16. The first kappa shape index (κ1) is 14.8. The zero-order chi connectivity index (χ0) is 13.5. The fourth-order valence-electron chi connectivity index (χ4n) is 3.05. The van der Waals surface area contributed by atoms with E-state index < -0.39 is 0 Å². The summed E-state index contributed by atoms with van der Waals surface area (Å²) < 4.78 is 0. The van der Waals surface area contributed by atoms with Gasteiger partial charge in [-0.1, -0.05) is 50.1 Å². The highest BCUT2D eigenvalue weighted by molar-refractivity contribution is 6.31. The number of halogens is 1. The van der Waals surface area contributed by atoms with Crippen molar-refractivity contribution in [2.75, 3.05) is 0 Å².